The second-order valence-corrected chi connectivity index (χ2v) is 11.9. The zero-order chi connectivity index (χ0) is 26.3. The Morgan fingerprint density at radius 3 is 1.97 bits per heavy atom. The standard InChI is InChI=1S/C34H43FN2/c1-3-5-7-9-26-10-11-28(32(35)23-26)13-12-27-14-15-31(30(25-37)29(27)24-36)34-20-17-33(18-21-34,19-22-34)16-8-6-4-2/h10-11,14-15,23H,3-9,12-13,16-22H2,1-2H3. The number of benzene rings is 2. The average Bonchev–Trinajstić information content (AvgIpc) is 2.93. The number of fused-ring (bicyclic) bond motifs is 3. The van der Waals surface area contributed by atoms with Crippen LogP contribution in [-0.4, -0.2) is 0 Å². The maximum atomic E-state index is 14.8. The van der Waals surface area contributed by atoms with Gasteiger partial charge in [-0.1, -0.05) is 70.2 Å². The van der Waals surface area contributed by atoms with Crippen LogP contribution >= 0.6 is 0 Å². The molecule has 0 radical (unpaired) electrons. The Morgan fingerprint density at radius 2 is 1.35 bits per heavy atom. The molecule has 0 unspecified atom stereocenters. The van der Waals surface area contributed by atoms with E-state index in [1.54, 1.807) is 6.07 Å². The third-order valence-corrected chi connectivity index (χ3v) is 9.65. The molecule has 0 aliphatic heterocycles. The molecule has 0 N–H and O–H groups in total. The molecule has 2 aromatic rings. The number of nitrogens with zero attached hydrogens (tertiary/aromatic N) is 2. The number of hydrogen-bond donors (Lipinski definition) is 0. The molecule has 196 valence electrons. The fourth-order valence-electron chi connectivity index (χ4n) is 7.13. The number of unbranched alkanes of at least 4 members (excludes halogenated alkanes) is 4. The van der Waals surface area contributed by atoms with Crippen LogP contribution in [0.4, 0.5) is 4.39 Å². The van der Waals surface area contributed by atoms with E-state index < -0.39 is 0 Å². The summed E-state index contributed by atoms with van der Waals surface area (Å²) in [5, 5.41) is 20.3. The van der Waals surface area contributed by atoms with Gasteiger partial charge in [-0.3, -0.25) is 0 Å². The van der Waals surface area contributed by atoms with E-state index in [0.717, 1.165) is 55.2 Å². The summed E-state index contributed by atoms with van der Waals surface area (Å²) in [5.41, 5.74) is 5.34. The van der Waals surface area contributed by atoms with Gasteiger partial charge in [-0.15, -0.1) is 0 Å². The van der Waals surface area contributed by atoms with E-state index in [-0.39, 0.29) is 11.2 Å². The van der Waals surface area contributed by atoms with Crippen LogP contribution in [0.25, 0.3) is 0 Å². The Balaban J connectivity index is 1.49. The fourth-order valence-corrected chi connectivity index (χ4v) is 7.13. The lowest BCUT2D eigenvalue weighted by atomic mass is 9.50. The predicted octanol–water partition coefficient (Wildman–Crippen LogP) is 9.26. The molecule has 0 aromatic heterocycles. The Labute approximate surface area is 223 Å². The molecular formula is C34H43FN2. The molecule has 0 amide bonds. The summed E-state index contributed by atoms with van der Waals surface area (Å²) in [6.45, 7) is 4.44. The second kappa shape index (κ2) is 12.3. The first-order chi connectivity index (χ1) is 18.0. The van der Waals surface area contributed by atoms with Gasteiger partial charge in [0.25, 0.3) is 0 Å². The molecule has 3 heteroatoms. The summed E-state index contributed by atoms with van der Waals surface area (Å²) in [6.07, 6.45) is 17.9. The van der Waals surface area contributed by atoms with Crippen LogP contribution < -0.4 is 0 Å². The quantitative estimate of drug-likeness (QED) is 0.274. The molecule has 2 aromatic carbocycles. The summed E-state index contributed by atoms with van der Waals surface area (Å²) in [4.78, 5) is 0. The molecule has 0 spiro atoms. The summed E-state index contributed by atoms with van der Waals surface area (Å²) in [5.74, 6) is -0.157. The third kappa shape index (κ3) is 5.93. The van der Waals surface area contributed by atoms with E-state index >= 15 is 0 Å². The van der Waals surface area contributed by atoms with Gasteiger partial charge < -0.3 is 0 Å². The van der Waals surface area contributed by atoms with Crippen molar-refractivity contribution in [2.75, 3.05) is 0 Å². The van der Waals surface area contributed by atoms with Crippen LogP contribution in [0.3, 0.4) is 0 Å². The monoisotopic (exact) mass is 498 g/mol. The van der Waals surface area contributed by atoms with Crippen LogP contribution in [0, 0.1) is 33.9 Å². The fraction of sp³-hybridized carbons (Fsp3) is 0.588. The maximum Gasteiger partial charge on any atom is 0.126 e. The van der Waals surface area contributed by atoms with E-state index in [1.165, 1.54) is 51.4 Å². The minimum absolute atomic E-state index is 0.0431. The lowest BCUT2D eigenvalue weighted by Crippen LogP contribution is -2.44. The van der Waals surface area contributed by atoms with Gasteiger partial charge >= 0.3 is 0 Å². The van der Waals surface area contributed by atoms with Crippen molar-refractivity contribution in [3.8, 4) is 12.1 Å². The van der Waals surface area contributed by atoms with Crippen LogP contribution in [-0.2, 0) is 24.7 Å². The number of rotatable bonds is 12. The van der Waals surface area contributed by atoms with E-state index in [1.807, 2.05) is 12.1 Å². The zero-order valence-corrected chi connectivity index (χ0v) is 23.0. The van der Waals surface area contributed by atoms with Gasteiger partial charge in [0.1, 0.15) is 18.0 Å². The van der Waals surface area contributed by atoms with Crippen molar-refractivity contribution in [2.45, 2.75) is 122 Å². The van der Waals surface area contributed by atoms with Crippen LogP contribution in [0.1, 0.15) is 131 Å². The smallest absolute Gasteiger partial charge is 0.126 e. The Bertz CT molecular complexity index is 1140. The first kappa shape index (κ1) is 27.4. The van der Waals surface area contributed by atoms with E-state index in [0.29, 0.717) is 34.9 Å². The first-order valence-corrected chi connectivity index (χ1v) is 14.7. The summed E-state index contributed by atoms with van der Waals surface area (Å²) < 4.78 is 14.8. The highest BCUT2D eigenvalue weighted by atomic mass is 19.1. The third-order valence-electron chi connectivity index (χ3n) is 9.65. The Morgan fingerprint density at radius 1 is 0.730 bits per heavy atom. The van der Waals surface area contributed by atoms with Crippen molar-refractivity contribution in [1.82, 2.24) is 0 Å². The molecule has 0 saturated heterocycles. The normalized spacial score (nSPS) is 22.5. The molecule has 3 aliphatic carbocycles. The van der Waals surface area contributed by atoms with Crippen LogP contribution in [0.2, 0.25) is 0 Å². The summed E-state index contributed by atoms with van der Waals surface area (Å²) in [7, 11) is 0. The molecule has 37 heavy (non-hydrogen) atoms. The molecule has 3 saturated carbocycles. The van der Waals surface area contributed by atoms with Crippen molar-refractivity contribution in [3.05, 3.63) is 69.5 Å². The highest BCUT2D eigenvalue weighted by Crippen LogP contribution is 2.60. The average molecular weight is 499 g/mol. The van der Waals surface area contributed by atoms with Crippen LogP contribution in [0.15, 0.2) is 30.3 Å². The van der Waals surface area contributed by atoms with E-state index in [9.17, 15) is 14.9 Å². The minimum atomic E-state index is -0.157. The summed E-state index contributed by atoms with van der Waals surface area (Å²) in [6, 6.07) is 14.6. The summed E-state index contributed by atoms with van der Waals surface area (Å²) >= 11 is 0. The lowest BCUT2D eigenvalue weighted by molar-refractivity contribution is 0.0304. The molecular weight excluding hydrogens is 455 g/mol. The van der Waals surface area contributed by atoms with Gasteiger partial charge in [0.05, 0.1) is 11.1 Å². The van der Waals surface area contributed by atoms with Gasteiger partial charge in [0, 0.05) is 0 Å². The van der Waals surface area contributed by atoms with Crippen molar-refractivity contribution < 1.29 is 4.39 Å². The topological polar surface area (TPSA) is 47.6 Å². The molecule has 3 fully saturated rings. The predicted molar refractivity (Wildman–Crippen MR) is 149 cm³/mol. The molecule has 3 aliphatic rings. The van der Waals surface area contributed by atoms with Gasteiger partial charge in [0.2, 0.25) is 0 Å². The molecule has 0 heterocycles. The minimum Gasteiger partial charge on any atom is -0.207 e. The van der Waals surface area contributed by atoms with E-state index in [2.05, 4.69) is 38.1 Å². The highest BCUT2D eigenvalue weighted by Gasteiger charge is 2.49. The maximum absolute atomic E-state index is 14.8. The highest BCUT2D eigenvalue weighted by molar-refractivity contribution is 5.57. The largest absolute Gasteiger partial charge is 0.207 e. The first-order valence-electron chi connectivity index (χ1n) is 14.7. The molecule has 5 rings (SSSR count). The molecule has 2 nitrogen and oxygen atoms in total. The van der Waals surface area contributed by atoms with Gasteiger partial charge in [-0.2, -0.15) is 10.5 Å². The van der Waals surface area contributed by atoms with Crippen LogP contribution in [0.5, 0.6) is 0 Å². The van der Waals surface area contributed by atoms with Crippen molar-refractivity contribution >= 4 is 0 Å². The van der Waals surface area contributed by atoms with Gasteiger partial charge in [-0.05, 0) is 110 Å². The second-order valence-electron chi connectivity index (χ2n) is 11.9. The Hall–Kier alpha value is -2.65. The Kier molecular flexibility index (Phi) is 9.08. The zero-order valence-electron chi connectivity index (χ0n) is 23.0. The number of aryl methyl sites for hydroxylation is 3. The van der Waals surface area contributed by atoms with E-state index in [4.69, 9.17) is 0 Å². The van der Waals surface area contributed by atoms with Crippen molar-refractivity contribution in [2.24, 2.45) is 5.41 Å². The number of halogens is 1. The SMILES string of the molecule is CCCCCc1ccc(CCc2ccc(C34CCC(CCCCC)(CC3)CC4)c(C#N)c2C#N)c(F)c1. The lowest BCUT2D eigenvalue weighted by Gasteiger charge is -2.54. The number of nitriles is 2. The van der Waals surface area contributed by atoms with Gasteiger partial charge in [0.15, 0.2) is 0 Å². The van der Waals surface area contributed by atoms with Crippen molar-refractivity contribution in [3.63, 3.8) is 0 Å². The molecule has 2 bridgehead atoms. The van der Waals surface area contributed by atoms with Crippen molar-refractivity contribution in [1.29, 1.82) is 10.5 Å². The van der Waals surface area contributed by atoms with Gasteiger partial charge in [-0.25, -0.2) is 4.39 Å². The molecule has 0 atom stereocenters. The number of hydrogen-bond acceptors (Lipinski definition) is 2.